The molecule has 4 rings (SSSR count). The number of nitrogens with zero attached hydrogens (tertiary/aromatic N) is 5. The van der Waals surface area contributed by atoms with E-state index in [9.17, 15) is 19.2 Å². The molecule has 0 spiro atoms. The van der Waals surface area contributed by atoms with Gasteiger partial charge in [0.1, 0.15) is 5.58 Å². The third-order valence-electron chi connectivity index (χ3n) is 9.13. The number of aromatic nitrogens is 1. The molecule has 272 valence electrons. The van der Waals surface area contributed by atoms with E-state index in [0.717, 1.165) is 62.5 Å². The molecule has 0 atom stereocenters. The Bertz CT molecular complexity index is 1640. The van der Waals surface area contributed by atoms with Crippen molar-refractivity contribution in [1.29, 1.82) is 0 Å². The fourth-order valence-corrected chi connectivity index (χ4v) is 6.15. The zero-order chi connectivity index (χ0) is 36.0. The number of rotatable bonds is 15. The number of fused-ring (bicyclic) bond motifs is 2. The average molecular weight is 690 g/mol. The monoisotopic (exact) mass is 689 g/mol. The second-order valence-corrected chi connectivity index (χ2v) is 13.5. The minimum atomic E-state index is -0.154. The van der Waals surface area contributed by atoms with Gasteiger partial charge in [0.2, 0.25) is 17.0 Å². The first kappa shape index (κ1) is 38.8. The molecule has 0 bridgehead atoms. The summed E-state index contributed by atoms with van der Waals surface area (Å²) in [5.41, 5.74) is 3.23. The van der Waals surface area contributed by atoms with Crippen molar-refractivity contribution in [3.8, 4) is 0 Å². The highest BCUT2D eigenvalue weighted by molar-refractivity contribution is 5.90. The quantitative estimate of drug-likeness (QED) is 0.229. The van der Waals surface area contributed by atoms with E-state index in [4.69, 9.17) is 9.40 Å². The van der Waals surface area contributed by atoms with Gasteiger partial charge < -0.3 is 20.0 Å². The Kier molecular flexibility index (Phi) is 15.1. The van der Waals surface area contributed by atoms with Crippen molar-refractivity contribution >= 4 is 39.5 Å². The lowest BCUT2D eigenvalue weighted by Gasteiger charge is -2.33. The number of pyridine rings is 1. The van der Waals surface area contributed by atoms with E-state index < -0.39 is 0 Å². The van der Waals surface area contributed by atoms with Crippen LogP contribution in [0.25, 0.3) is 22.1 Å². The van der Waals surface area contributed by atoms with Crippen LogP contribution in [-0.4, -0.2) is 128 Å². The lowest BCUT2D eigenvalue weighted by atomic mass is 10.1. The van der Waals surface area contributed by atoms with Crippen molar-refractivity contribution in [3.63, 3.8) is 0 Å². The fraction of sp³-hybridized carbons (Fsp3) is 0.553. The Labute approximate surface area is 295 Å². The van der Waals surface area contributed by atoms with Crippen LogP contribution in [-0.2, 0) is 20.9 Å². The van der Waals surface area contributed by atoms with Crippen LogP contribution in [0.1, 0.15) is 50.8 Å². The maximum absolute atomic E-state index is 13.3. The van der Waals surface area contributed by atoms with Crippen molar-refractivity contribution < 1.29 is 18.8 Å². The zero-order valence-corrected chi connectivity index (χ0v) is 30.4. The molecule has 1 aliphatic heterocycles. The topological polar surface area (TPSA) is 131 Å². The van der Waals surface area contributed by atoms with E-state index in [1.54, 1.807) is 12.1 Å². The van der Waals surface area contributed by atoms with Gasteiger partial charge in [0.15, 0.2) is 11.6 Å². The van der Waals surface area contributed by atoms with E-state index in [2.05, 4.69) is 43.9 Å². The van der Waals surface area contributed by atoms with E-state index in [1.807, 2.05) is 39.0 Å². The Hall–Kier alpha value is -3.97. The highest BCUT2D eigenvalue weighted by atomic mass is 16.3. The van der Waals surface area contributed by atoms with Gasteiger partial charge in [-0.3, -0.25) is 33.9 Å². The van der Waals surface area contributed by atoms with Gasteiger partial charge in [-0.25, -0.2) is 4.98 Å². The number of benzene rings is 1. The van der Waals surface area contributed by atoms with E-state index in [0.29, 0.717) is 74.2 Å². The van der Waals surface area contributed by atoms with Crippen LogP contribution < -0.4 is 16.1 Å². The molecule has 3 aromatic rings. The molecule has 2 aromatic heterocycles. The number of amides is 1. The molecule has 12 heteroatoms. The zero-order valence-electron chi connectivity index (χ0n) is 30.4. The molecular weight excluding hydrogens is 634 g/mol. The Morgan fingerprint density at radius 2 is 1.42 bits per heavy atom. The van der Waals surface area contributed by atoms with Gasteiger partial charge in [-0.2, -0.15) is 0 Å². The summed E-state index contributed by atoms with van der Waals surface area (Å²) in [6.07, 6.45) is 2.61. The molecular formula is C38H55N7O5. The predicted molar refractivity (Wildman–Crippen MR) is 198 cm³/mol. The minimum Gasteiger partial charge on any atom is -0.437 e. The van der Waals surface area contributed by atoms with Crippen molar-refractivity contribution in [1.82, 2.24) is 35.2 Å². The number of carbonyl (C=O) groups is 3. The van der Waals surface area contributed by atoms with E-state index >= 15 is 0 Å². The molecule has 1 amide bonds. The Morgan fingerprint density at radius 1 is 0.820 bits per heavy atom. The molecule has 3 heterocycles. The van der Waals surface area contributed by atoms with Gasteiger partial charge in [0.05, 0.1) is 36.1 Å². The molecule has 1 saturated heterocycles. The van der Waals surface area contributed by atoms with Gasteiger partial charge in [0.25, 0.3) is 0 Å². The van der Waals surface area contributed by atoms with Crippen molar-refractivity contribution in [2.45, 2.75) is 53.0 Å². The Morgan fingerprint density at radius 3 is 2.08 bits per heavy atom. The van der Waals surface area contributed by atoms with Crippen LogP contribution in [0.3, 0.4) is 0 Å². The average Bonchev–Trinajstić information content (AvgIpc) is 3.08. The summed E-state index contributed by atoms with van der Waals surface area (Å²) in [6.45, 7) is 17.7. The van der Waals surface area contributed by atoms with Crippen molar-refractivity contribution in [2.75, 3.05) is 85.6 Å². The molecule has 1 fully saturated rings. The minimum absolute atomic E-state index is 0.0392. The first-order chi connectivity index (χ1) is 24.1. The molecule has 12 nitrogen and oxygen atoms in total. The first-order valence-corrected chi connectivity index (χ1v) is 18.0. The number of carbonyl (C=O) groups excluding carboxylic acids is 3. The molecule has 1 aliphatic rings. The molecule has 0 aliphatic carbocycles. The summed E-state index contributed by atoms with van der Waals surface area (Å²) in [6, 6.07) is 9.27. The number of hydrogen-bond donors (Lipinski definition) is 2. The molecule has 0 saturated carbocycles. The lowest BCUT2D eigenvalue weighted by Crippen LogP contribution is -2.48. The van der Waals surface area contributed by atoms with Gasteiger partial charge in [-0.05, 0) is 50.6 Å². The molecule has 0 unspecified atom stereocenters. The second kappa shape index (κ2) is 19.4. The standard InChI is InChI=1S/C38H55N7O5/c1-6-9-31(46)23-39-29(4)25-43-17-15-42(5)16-18-45(27-35(48)40-24-32(47)10-7-2)22-21-44(20-19-43)26-30-13-14-33-37(49)36-28(3)11-8-12-34(36)50-38(33)41-30/h8,11-14,39H,4,6-7,9-10,15-27H2,1-3,5H3,(H,40,48). The third-order valence-corrected chi connectivity index (χ3v) is 9.13. The highest BCUT2D eigenvalue weighted by Gasteiger charge is 2.19. The van der Waals surface area contributed by atoms with Crippen molar-refractivity contribution in [3.05, 3.63) is 64.1 Å². The summed E-state index contributed by atoms with van der Waals surface area (Å²) >= 11 is 0. The van der Waals surface area contributed by atoms with E-state index in [1.165, 1.54) is 0 Å². The molecule has 1 aromatic carbocycles. The van der Waals surface area contributed by atoms with Gasteiger partial charge in [0, 0.05) is 84.0 Å². The van der Waals surface area contributed by atoms with Gasteiger partial charge >= 0.3 is 0 Å². The highest BCUT2D eigenvalue weighted by Crippen LogP contribution is 2.20. The third kappa shape index (κ3) is 11.8. The number of nitrogens with one attached hydrogen (secondary N) is 2. The van der Waals surface area contributed by atoms with Crippen LogP contribution in [0.15, 0.2) is 51.8 Å². The summed E-state index contributed by atoms with van der Waals surface area (Å²) in [4.78, 5) is 64.2. The SMILES string of the molecule is C=C(CN1CCN(C)CCN(CC(=O)NCC(=O)CCC)CCN(Cc2ccc3c(=O)c4c(C)cccc4oc3n2)CC1)NCC(=O)CCC. The Balaban J connectivity index is 1.52. The summed E-state index contributed by atoms with van der Waals surface area (Å²) < 4.78 is 6.13. The van der Waals surface area contributed by atoms with Crippen LogP contribution in [0.5, 0.6) is 0 Å². The summed E-state index contributed by atoms with van der Waals surface area (Å²) in [7, 11) is 2.09. The maximum Gasteiger partial charge on any atom is 0.234 e. The molecule has 50 heavy (non-hydrogen) atoms. The second-order valence-electron chi connectivity index (χ2n) is 13.5. The summed E-state index contributed by atoms with van der Waals surface area (Å²) in [5.74, 6) is 0.0669. The lowest BCUT2D eigenvalue weighted by molar-refractivity contribution is -0.126. The predicted octanol–water partition coefficient (Wildman–Crippen LogP) is 2.96. The molecule has 2 N–H and O–H groups in total. The number of hydrogen-bond acceptors (Lipinski definition) is 11. The normalized spacial score (nSPS) is 16.2. The maximum atomic E-state index is 13.3. The van der Waals surface area contributed by atoms with Crippen LogP contribution in [0.2, 0.25) is 0 Å². The van der Waals surface area contributed by atoms with E-state index in [-0.39, 0.29) is 36.0 Å². The number of aryl methyl sites for hydroxylation is 1. The summed E-state index contributed by atoms with van der Waals surface area (Å²) in [5, 5.41) is 7.06. The van der Waals surface area contributed by atoms with Crippen molar-refractivity contribution in [2.24, 2.45) is 0 Å². The van der Waals surface area contributed by atoms with Crippen LogP contribution in [0.4, 0.5) is 0 Å². The fourth-order valence-electron chi connectivity index (χ4n) is 6.15. The largest absolute Gasteiger partial charge is 0.437 e. The van der Waals surface area contributed by atoms with Crippen LogP contribution in [0, 0.1) is 6.92 Å². The van der Waals surface area contributed by atoms with Gasteiger partial charge in [-0.1, -0.05) is 32.6 Å². The number of Topliss-reactive ketones (excluding diaryl/α,β-unsaturated/α-hetero) is 2. The number of ketones is 2. The van der Waals surface area contributed by atoms with Crippen LogP contribution >= 0.6 is 0 Å². The molecule has 0 radical (unpaired) electrons. The van der Waals surface area contributed by atoms with Gasteiger partial charge in [-0.15, -0.1) is 0 Å². The first-order valence-electron chi connectivity index (χ1n) is 18.0. The smallest absolute Gasteiger partial charge is 0.234 e. The number of likely N-dealkylation sites (N-methyl/N-ethyl adjacent to an activating group) is 1.